The quantitative estimate of drug-likeness (QED) is 0.862. The second-order valence-electron chi connectivity index (χ2n) is 5.36. The van der Waals surface area contributed by atoms with E-state index in [2.05, 4.69) is 36.7 Å². The summed E-state index contributed by atoms with van der Waals surface area (Å²) in [5.41, 5.74) is 0. The number of nitrogens with one attached hydrogen (secondary N) is 1. The standard InChI is InChI=1S/C14H23NOS/c1-10(2)14(13-8-5-9-17-13)15-11-6-3-4-7-12(11)16/h5,8-12,14-16H,3-4,6-7H2,1-2H3/t11-,12-,14?/m0/s1. The maximum absolute atomic E-state index is 10.0. The van der Waals surface area contributed by atoms with E-state index < -0.39 is 0 Å². The van der Waals surface area contributed by atoms with E-state index in [-0.39, 0.29) is 12.1 Å². The van der Waals surface area contributed by atoms with Crippen LogP contribution in [0.5, 0.6) is 0 Å². The first-order valence-corrected chi connectivity index (χ1v) is 7.54. The molecule has 1 aliphatic carbocycles. The van der Waals surface area contributed by atoms with Crippen LogP contribution in [0, 0.1) is 5.92 Å². The summed E-state index contributed by atoms with van der Waals surface area (Å²) in [6.45, 7) is 4.49. The Balaban J connectivity index is 2.02. The van der Waals surface area contributed by atoms with Crippen LogP contribution >= 0.6 is 11.3 Å². The van der Waals surface area contributed by atoms with Gasteiger partial charge in [-0.1, -0.05) is 32.8 Å². The Hall–Kier alpha value is -0.380. The van der Waals surface area contributed by atoms with Crippen LogP contribution in [0.3, 0.4) is 0 Å². The monoisotopic (exact) mass is 253 g/mol. The molecule has 2 nitrogen and oxygen atoms in total. The van der Waals surface area contributed by atoms with Gasteiger partial charge in [0.1, 0.15) is 0 Å². The van der Waals surface area contributed by atoms with Gasteiger partial charge in [-0.05, 0) is 30.2 Å². The summed E-state index contributed by atoms with van der Waals surface area (Å²) in [7, 11) is 0. The van der Waals surface area contributed by atoms with Crippen molar-refractivity contribution in [3.05, 3.63) is 22.4 Å². The van der Waals surface area contributed by atoms with Gasteiger partial charge in [-0.15, -0.1) is 11.3 Å². The van der Waals surface area contributed by atoms with E-state index in [4.69, 9.17) is 0 Å². The lowest BCUT2D eigenvalue weighted by Crippen LogP contribution is -2.44. The molecule has 0 bridgehead atoms. The summed E-state index contributed by atoms with van der Waals surface area (Å²) in [6.07, 6.45) is 4.31. The van der Waals surface area contributed by atoms with Gasteiger partial charge in [0.25, 0.3) is 0 Å². The Labute approximate surface area is 108 Å². The Morgan fingerprint density at radius 1 is 1.35 bits per heavy atom. The first-order chi connectivity index (χ1) is 8.18. The number of thiophene rings is 1. The minimum atomic E-state index is -0.162. The topological polar surface area (TPSA) is 32.3 Å². The lowest BCUT2D eigenvalue weighted by atomic mass is 9.90. The van der Waals surface area contributed by atoms with Gasteiger partial charge >= 0.3 is 0 Å². The molecule has 0 radical (unpaired) electrons. The van der Waals surface area contributed by atoms with Crippen LogP contribution in [0.15, 0.2) is 17.5 Å². The number of hydrogen-bond acceptors (Lipinski definition) is 3. The first-order valence-electron chi connectivity index (χ1n) is 6.66. The smallest absolute Gasteiger partial charge is 0.0693 e. The van der Waals surface area contributed by atoms with Crippen LogP contribution in [0.4, 0.5) is 0 Å². The van der Waals surface area contributed by atoms with Gasteiger partial charge in [0.2, 0.25) is 0 Å². The Kier molecular flexibility index (Phi) is 4.60. The van der Waals surface area contributed by atoms with Gasteiger partial charge in [0, 0.05) is 17.0 Å². The first kappa shape index (κ1) is 13.1. The minimum absolute atomic E-state index is 0.162. The molecule has 1 fully saturated rings. The fourth-order valence-corrected chi connectivity index (χ4v) is 3.57. The van der Waals surface area contributed by atoms with Crippen molar-refractivity contribution < 1.29 is 5.11 Å². The molecule has 0 aliphatic heterocycles. The molecule has 0 saturated heterocycles. The van der Waals surface area contributed by atoms with Crippen molar-refractivity contribution in [1.82, 2.24) is 5.32 Å². The van der Waals surface area contributed by atoms with Gasteiger partial charge in [0.05, 0.1) is 6.10 Å². The van der Waals surface area contributed by atoms with Gasteiger partial charge in [-0.3, -0.25) is 0 Å². The molecule has 0 amide bonds. The summed E-state index contributed by atoms with van der Waals surface area (Å²) in [5.74, 6) is 0.558. The molecular weight excluding hydrogens is 230 g/mol. The van der Waals surface area contributed by atoms with Gasteiger partial charge < -0.3 is 10.4 Å². The van der Waals surface area contributed by atoms with Crippen LogP contribution in [-0.4, -0.2) is 17.3 Å². The molecule has 3 heteroatoms. The zero-order chi connectivity index (χ0) is 12.3. The van der Waals surface area contributed by atoms with Gasteiger partial charge in [-0.2, -0.15) is 0 Å². The summed E-state index contributed by atoms with van der Waals surface area (Å²) in [5, 5.41) is 15.8. The maximum atomic E-state index is 10.0. The summed E-state index contributed by atoms with van der Waals surface area (Å²) in [4.78, 5) is 1.39. The zero-order valence-corrected chi connectivity index (χ0v) is 11.5. The molecule has 0 aromatic carbocycles. The van der Waals surface area contributed by atoms with Gasteiger partial charge in [0.15, 0.2) is 0 Å². The highest BCUT2D eigenvalue weighted by molar-refractivity contribution is 7.10. The van der Waals surface area contributed by atoms with Crippen molar-refractivity contribution in [2.45, 2.75) is 57.7 Å². The van der Waals surface area contributed by atoms with Crippen molar-refractivity contribution in [1.29, 1.82) is 0 Å². The predicted molar refractivity (Wildman–Crippen MR) is 73.3 cm³/mol. The van der Waals surface area contributed by atoms with Crippen molar-refractivity contribution in [3.63, 3.8) is 0 Å². The second kappa shape index (κ2) is 5.98. The molecule has 1 heterocycles. The largest absolute Gasteiger partial charge is 0.392 e. The number of hydrogen-bond donors (Lipinski definition) is 2. The molecule has 2 rings (SSSR count). The molecular formula is C14H23NOS. The van der Waals surface area contributed by atoms with E-state index in [9.17, 15) is 5.11 Å². The fourth-order valence-electron chi connectivity index (χ4n) is 2.61. The van der Waals surface area contributed by atoms with E-state index in [1.807, 2.05) is 0 Å². The van der Waals surface area contributed by atoms with Crippen LogP contribution < -0.4 is 5.32 Å². The van der Waals surface area contributed by atoms with Gasteiger partial charge in [-0.25, -0.2) is 0 Å². The average molecular weight is 253 g/mol. The highest BCUT2D eigenvalue weighted by atomic mass is 32.1. The summed E-state index contributed by atoms with van der Waals surface area (Å²) in [6, 6.07) is 4.96. The maximum Gasteiger partial charge on any atom is 0.0693 e. The van der Waals surface area contributed by atoms with Crippen molar-refractivity contribution >= 4 is 11.3 Å². The lowest BCUT2D eigenvalue weighted by molar-refractivity contribution is 0.0813. The van der Waals surface area contributed by atoms with Crippen molar-refractivity contribution in [2.75, 3.05) is 0 Å². The number of rotatable bonds is 4. The van der Waals surface area contributed by atoms with Crippen LogP contribution in [0.25, 0.3) is 0 Å². The molecule has 17 heavy (non-hydrogen) atoms. The SMILES string of the molecule is CC(C)C(N[C@H]1CCCC[C@@H]1O)c1cccs1. The third-order valence-corrected chi connectivity index (χ3v) is 4.59. The van der Waals surface area contributed by atoms with E-state index in [1.165, 1.54) is 17.7 Å². The predicted octanol–water partition coefficient (Wildman–Crippen LogP) is 3.34. The minimum Gasteiger partial charge on any atom is -0.392 e. The Bertz CT molecular complexity index is 323. The Morgan fingerprint density at radius 2 is 2.12 bits per heavy atom. The number of aliphatic hydroxyl groups excluding tert-OH is 1. The number of aliphatic hydroxyl groups is 1. The molecule has 1 aromatic heterocycles. The molecule has 1 aliphatic rings. The molecule has 0 spiro atoms. The molecule has 1 saturated carbocycles. The van der Waals surface area contributed by atoms with E-state index in [0.717, 1.165) is 12.8 Å². The van der Waals surface area contributed by atoms with Crippen molar-refractivity contribution in [3.8, 4) is 0 Å². The molecule has 1 unspecified atom stereocenters. The van der Waals surface area contributed by atoms with Crippen molar-refractivity contribution in [2.24, 2.45) is 5.92 Å². The Morgan fingerprint density at radius 3 is 2.71 bits per heavy atom. The van der Waals surface area contributed by atoms with Crippen LogP contribution in [-0.2, 0) is 0 Å². The molecule has 96 valence electrons. The molecule has 3 atom stereocenters. The van der Waals surface area contributed by atoms with Crippen LogP contribution in [0.2, 0.25) is 0 Å². The van der Waals surface area contributed by atoms with E-state index in [1.54, 1.807) is 11.3 Å². The summed E-state index contributed by atoms with van der Waals surface area (Å²) >= 11 is 1.81. The van der Waals surface area contributed by atoms with Crippen LogP contribution in [0.1, 0.15) is 50.4 Å². The molecule has 1 aromatic rings. The second-order valence-corrected chi connectivity index (χ2v) is 6.34. The third-order valence-electron chi connectivity index (χ3n) is 3.64. The fraction of sp³-hybridized carbons (Fsp3) is 0.714. The highest BCUT2D eigenvalue weighted by Gasteiger charge is 2.27. The molecule has 2 N–H and O–H groups in total. The zero-order valence-electron chi connectivity index (χ0n) is 10.7. The average Bonchev–Trinajstić information content (AvgIpc) is 2.81. The van der Waals surface area contributed by atoms with E-state index >= 15 is 0 Å². The summed E-state index contributed by atoms with van der Waals surface area (Å²) < 4.78 is 0. The normalized spacial score (nSPS) is 27.3. The lowest BCUT2D eigenvalue weighted by Gasteiger charge is -2.33. The highest BCUT2D eigenvalue weighted by Crippen LogP contribution is 2.29. The van der Waals surface area contributed by atoms with E-state index in [0.29, 0.717) is 12.0 Å². The third kappa shape index (κ3) is 3.30.